The summed E-state index contributed by atoms with van der Waals surface area (Å²) in [5, 5.41) is 6.53. The Labute approximate surface area is 167 Å². The smallest absolute Gasteiger partial charge is 0.372 e. The third-order valence-electron chi connectivity index (χ3n) is 3.62. The fourth-order valence-electron chi connectivity index (χ4n) is 2.48. The van der Waals surface area contributed by atoms with E-state index in [2.05, 4.69) is 36.3 Å². The van der Waals surface area contributed by atoms with Crippen LogP contribution in [0, 0.1) is 0 Å². The molecule has 144 valence electrons. The van der Waals surface area contributed by atoms with E-state index in [1.807, 2.05) is 6.07 Å². The predicted molar refractivity (Wildman–Crippen MR) is 106 cm³/mol. The van der Waals surface area contributed by atoms with E-state index in [9.17, 15) is 13.2 Å². The van der Waals surface area contributed by atoms with E-state index in [4.69, 9.17) is 0 Å². The molecule has 0 saturated carbocycles. The monoisotopic (exact) mass is 492 g/mol. The molecular formula is C15H24F3IN4OS. The molecule has 1 aromatic rings. The molecule has 10 heteroatoms. The molecule has 0 aliphatic carbocycles. The summed E-state index contributed by atoms with van der Waals surface area (Å²) in [4.78, 5) is 8.77. The van der Waals surface area contributed by atoms with Crippen molar-refractivity contribution in [2.45, 2.75) is 12.6 Å². The summed E-state index contributed by atoms with van der Waals surface area (Å²) >= 11 is 1.74. The number of alkyl halides is 3. The van der Waals surface area contributed by atoms with Crippen LogP contribution in [0.4, 0.5) is 18.2 Å². The molecule has 2 rings (SSSR count). The van der Waals surface area contributed by atoms with E-state index in [1.165, 1.54) is 5.00 Å². The van der Waals surface area contributed by atoms with Crippen LogP contribution in [0.5, 0.6) is 0 Å². The third-order valence-corrected chi connectivity index (χ3v) is 4.55. The number of nitrogens with zero attached hydrogens (tertiary/aromatic N) is 3. The molecule has 0 radical (unpaired) electrons. The van der Waals surface area contributed by atoms with Gasteiger partial charge in [-0.3, -0.25) is 4.99 Å². The number of hydrogen-bond donors (Lipinski definition) is 1. The maximum Gasteiger partial charge on any atom is 0.411 e. The Morgan fingerprint density at radius 1 is 1.32 bits per heavy atom. The molecular weight excluding hydrogens is 468 g/mol. The first kappa shape index (κ1) is 22.3. The summed E-state index contributed by atoms with van der Waals surface area (Å²) in [6.07, 6.45) is -3.75. The van der Waals surface area contributed by atoms with Gasteiger partial charge in [0.2, 0.25) is 0 Å². The van der Waals surface area contributed by atoms with Crippen molar-refractivity contribution in [2.24, 2.45) is 4.99 Å². The second kappa shape index (κ2) is 11.1. The SMILES string of the molecule is CN=C(NCCCOCC(F)(F)F)N1CCN(c2cccs2)CC1.I. The minimum Gasteiger partial charge on any atom is -0.372 e. The number of piperazine rings is 1. The highest BCUT2D eigenvalue weighted by Gasteiger charge is 2.27. The molecule has 2 heterocycles. The summed E-state index contributed by atoms with van der Waals surface area (Å²) in [6, 6.07) is 4.17. The van der Waals surface area contributed by atoms with Gasteiger partial charge in [-0.05, 0) is 23.9 Å². The van der Waals surface area contributed by atoms with Crippen LogP contribution in [-0.4, -0.2) is 70.0 Å². The Bertz CT molecular complexity index is 505. The van der Waals surface area contributed by atoms with Gasteiger partial charge >= 0.3 is 6.18 Å². The van der Waals surface area contributed by atoms with E-state index >= 15 is 0 Å². The summed E-state index contributed by atoms with van der Waals surface area (Å²) in [5.41, 5.74) is 0. The fraction of sp³-hybridized carbons (Fsp3) is 0.667. The molecule has 0 atom stereocenters. The van der Waals surface area contributed by atoms with Crippen molar-refractivity contribution in [2.75, 3.05) is 57.9 Å². The molecule has 1 saturated heterocycles. The number of anilines is 1. The maximum absolute atomic E-state index is 12.0. The minimum absolute atomic E-state index is 0. The number of aliphatic imine (C=N–C) groups is 1. The van der Waals surface area contributed by atoms with Crippen molar-refractivity contribution in [1.29, 1.82) is 0 Å². The van der Waals surface area contributed by atoms with Crippen molar-refractivity contribution in [3.63, 3.8) is 0 Å². The van der Waals surface area contributed by atoms with Crippen LogP contribution in [0.15, 0.2) is 22.5 Å². The zero-order valence-electron chi connectivity index (χ0n) is 14.1. The predicted octanol–water partition coefficient (Wildman–Crippen LogP) is 3.03. The van der Waals surface area contributed by atoms with Gasteiger partial charge in [-0.2, -0.15) is 13.2 Å². The Morgan fingerprint density at radius 2 is 2.04 bits per heavy atom. The van der Waals surface area contributed by atoms with Gasteiger partial charge in [0.25, 0.3) is 0 Å². The van der Waals surface area contributed by atoms with E-state index in [-0.39, 0.29) is 30.6 Å². The quantitative estimate of drug-likeness (QED) is 0.287. The summed E-state index contributed by atoms with van der Waals surface area (Å²) in [5.74, 6) is 0.789. The zero-order valence-corrected chi connectivity index (χ0v) is 17.2. The lowest BCUT2D eigenvalue weighted by Crippen LogP contribution is -2.52. The van der Waals surface area contributed by atoms with Crippen molar-refractivity contribution < 1.29 is 17.9 Å². The second-order valence-corrected chi connectivity index (χ2v) is 6.35. The van der Waals surface area contributed by atoms with Gasteiger partial charge in [0.05, 0.1) is 5.00 Å². The lowest BCUT2D eigenvalue weighted by molar-refractivity contribution is -0.173. The topological polar surface area (TPSA) is 40.1 Å². The molecule has 1 N–H and O–H groups in total. The van der Waals surface area contributed by atoms with Crippen LogP contribution < -0.4 is 10.2 Å². The number of rotatable bonds is 6. The highest BCUT2D eigenvalue weighted by Crippen LogP contribution is 2.22. The highest BCUT2D eigenvalue weighted by atomic mass is 127. The van der Waals surface area contributed by atoms with Crippen LogP contribution in [-0.2, 0) is 4.74 Å². The Morgan fingerprint density at radius 3 is 2.60 bits per heavy atom. The first-order valence-electron chi connectivity index (χ1n) is 7.88. The van der Waals surface area contributed by atoms with Crippen LogP contribution >= 0.6 is 35.3 Å². The largest absolute Gasteiger partial charge is 0.411 e. The minimum atomic E-state index is -4.26. The van der Waals surface area contributed by atoms with Crippen molar-refractivity contribution >= 4 is 46.3 Å². The molecule has 0 aromatic carbocycles. The summed E-state index contributed by atoms with van der Waals surface area (Å²) in [7, 11) is 1.72. The lowest BCUT2D eigenvalue weighted by atomic mass is 10.3. The van der Waals surface area contributed by atoms with Crippen molar-refractivity contribution in [1.82, 2.24) is 10.2 Å². The van der Waals surface area contributed by atoms with Gasteiger partial charge in [-0.1, -0.05) is 0 Å². The van der Waals surface area contributed by atoms with Gasteiger partial charge < -0.3 is 19.9 Å². The number of halogens is 4. The molecule has 1 aliphatic heterocycles. The van der Waals surface area contributed by atoms with Crippen LogP contribution in [0.25, 0.3) is 0 Å². The Kier molecular flexibility index (Phi) is 9.87. The number of ether oxygens (including phenoxy) is 1. The average molecular weight is 492 g/mol. The number of guanidine groups is 1. The normalized spacial score (nSPS) is 15.9. The number of hydrogen-bond acceptors (Lipinski definition) is 4. The summed E-state index contributed by atoms with van der Waals surface area (Å²) < 4.78 is 40.5. The molecule has 0 spiro atoms. The standard InChI is InChI=1S/C15H23F3N4OS.HI/c1-19-14(20-5-3-10-23-12-15(16,17)18)22-8-6-21(7-9-22)13-4-2-11-24-13;/h2,4,11H,3,5-10,12H2,1H3,(H,19,20);1H. The number of thiophene rings is 1. The van der Waals surface area contributed by atoms with Gasteiger partial charge in [0.1, 0.15) is 6.61 Å². The lowest BCUT2D eigenvalue weighted by Gasteiger charge is -2.37. The first-order valence-corrected chi connectivity index (χ1v) is 8.76. The third kappa shape index (κ3) is 7.99. The van der Waals surface area contributed by atoms with E-state index in [1.54, 1.807) is 18.4 Å². The molecule has 5 nitrogen and oxygen atoms in total. The molecule has 0 amide bonds. The van der Waals surface area contributed by atoms with Crippen molar-refractivity contribution in [3.8, 4) is 0 Å². The highest BCUT2D eigenvalue weighted by molar-refractivity contribution is 14.0. The maximum atomic E-state index is 12.0. The summed E-state index contributed by atoms with van der Waals surface area (Å²) in [6.45, 7) is 3.01. The first-order chi connectivity index (χ1) is 11.5. The molecule has 1 aliphatic rings. The Hall–Kier alpha value is -0.750. The fourth-order valence-corrected chi connectivity index (χ4v) is 3.27. The van der Waals surface area contributed by atoms with Gasteiger partial charge in [-0.25, -0.2) is 0 Å². The van der Waals surface area contributed by atoms with E-state index in [0.29, 0.717) is 13.0 Å². The van der Waals surface area contributed by atoms with Crippen LogP contribution in [0.1, 0.15) is 6.42 Å². The molecule has 25 heavy (non-hydrogen) atoms. The van der Waals surface area contributed by atoms with Crippen molar-refractivity contribution in [3.05, 3.63) is 17.5 Å². The average Bonchev–Trinajstić information content (AvgIpc) is 3.08. The van der Waals surface area contributed by atoms with Gasteiger partial charge in [0.15, 0.2) is 5.96 Å². The van der Waals surface area contributed by atoms with Gasteiger partial charge in [0, 0.05) is 46.4 Å². The van der Waals surface area contributed by atoms with Gasteiger partial charge in [-0.15, -0.1) is 35.3 Å². The molecule has 1 aromatic heterocycles. The zero-order chi connectivity index (χ0) is 17.4. The Balaban J connectivity index is 0.00000312. The van der Waals surface area contributed by atoms with Crippen LogP contribution in [0.2, 0.25) is 0 Å². The van der Waals surface area contributed by atoms with E-state index in [0.717, 1.165) is 32.1 Å². The molecule has 0 bridgehead atoms. The molecule has 1 fully saturated rings. The number of nitrogens with one attached hydrogen (secondary N) is 1. The van der Waals surface area contributed by atoms with Crippen LogP contribution in [0.3, 0.4) is 0 Å². The molecule has 0 unspecified atom stereocenters. The van der Waals surface area contributed by atoms with E-state index < -0.39 is 12.8 Å². The second-order valence-electron chi connectivity index (χ2n) is 5.42.